The molecule has 1 aromatic carbocycles. The summed E-state index contributed by atoms with van der Waals surface area (Å²) in [5, 5.41) is 0. The topological polar surface area (TPSA) is 30.0 Å². The Morgan fingerprint density at radius 1 is 1.12 bits per heavy atom. The van der Waals surface area contributed by atoms with Gasteiger partial charge in [-0.05, 0) is 11.8 Å². The molecule has 4 heteroatoms. The van der Waals surface area contributed by atoms with Crippen LogP contribution in [-0.2, 0) is 22.7 Å². The molecule has 0 amide bonds. The predicted molar refractivity (Wildman–Crippen MR) is 60.1 cm³/mol. The molecule has 16 heavy (non-hydrogen) atoms. The summed E-state index contributed by atoms with van der Waals surface area (Å²) >= 11 is 1.47. The fraction of sp³-hybridized carbons (Fsp3) is 0. The Hall–Kier alpha value is -1.02. The first-order valence-electron chi connectivity index (χ1n) is 4.18. The number of hydrogen-bond donors (Lipinski definition) is 0. The summed E-state index contributed by atoms with van der Waals surface area (Å²) in [6, 6.07) is 16.8. The maximum absolute atomic E-state index is 7.50. The van der Waals surface area contributed by atoms with E-state index in [-0.39, 0.29) is 0 Å². The number of nitrogens with zero attached hydrogens (tertiary/aromatic N) is 1. The van der Waals surface area contributed by atoms with Gasteiger partial charge in [0, 0.05) is 6.20 Å². The van der Waals surface area contributed by atoms with Gasteiger partial charge in [0.2, 0.25) is 0 Å². The Morgan fingerprint density at radius 3 is 2.31 bits per heavy atom. The average molecular weight is 410 g/mol. The van der Waals surface area contributed by atoms with Crippen LogP contribution in [0.4, 0.5) is 0 Å². The van der Waals surface area contributed by atoms with Crippen molar-refractivity contribution >= 4 is 16.4 Å². The first-order chi connectivity index (χ1) is 7.97. The minimum Gasteiger partial charge on any atom is -0.305 e. The second kappa shape index (κ2) is 10.5. The molecule has 2 nitrogen and oxygen atoms in total. The van der Waals surface area contributed by atoms with Crippen LogP contribution < -0.4 is 0 Å². The Kier molecular flexibility index (Phi) is 9.83. The first kappa shape index (κ1) is 15.0. The standard InChI is InChI=1S/C11H8N.CO.ClH.Ir/c1-2-6-10(7-3-1)11-8-4-5-9-12-11;1-2;;/h1-6,8-9H;;1H;/q2*-1;;+3/p-1. The number of rotatable bonds is 1. The molecule has 2 aromatic rings. The van der Waals surface area contributed by atoms with Crippen LogP contribution in [0.5, 0.6) is 0 Å². The van der Waals surface area contributed by atoms with Crippen LogP contribution in [0.1, 0.15) is 0 Å². The van der Waals surface area contributed by atoms with Crippen molar-refractivity contribution in [2.24, 2.45) is 0 Å². The van der Waals surface area contributed by atoms with Gasteiger partial charge in [-0.1, -0.05) is 12.1 Å². The van der Waals surface area contributed by atoms with E-state index < -0.39 is 0 Å². The number of halogens is 1. The third-order valence-corrected chi connectivity index (χ3v) is 1.65. The van der Waals surface area contributed by atoms with Gasteiger partial charge in [-0.25, -0.2) is 0 Å². The molecular weight excluding hydrogens is 402 g/mol. The second-order valence-corrected chi connectivity index (χ2v) is 2.49. The van der Waals surface area contributed by atoms with E-state index in [1.54, 1.807) is 6.20 Å². The van der Waals surface area contributed by atoms with E-state index in [1.165, 1.54) is 17.9 Å². The smallest absolute Gasteiger partial charge is 0.0160 e. The predicted octanol–water partition coefficient (Wildman–Crippen LogP) is 2.84. The average Bonchev–Trinajstić information content (AvgIpc) is 2.45. The van der Waals surface area contributed by atoms with E-state index in [9.17, 15) is 0 Å². The van der Waals surface area contributed by atoms with Gasteiger partial charge in [0.05, 0.1) is 0 Å². The van der Waals surface area contributed by atoms with E-state index in [4.69, 9.17) is 4.79 Å². The molecule has 0 aliphatic heterocycles. The molecule has 0 aliphatic carbocycles. The quantitative estimate of drug-likeness (QED) is 0.678. The van der Waals surface area contributed by atoms with Crippen LogP contribution in [0.3, 0.4) is 0 Å². The molecule has 0 saturated carbocycles. The second-order valence-electron chi connectivity index (χ2n) is 2.49. The van der Waals surface area contributed by atoms with Crippen LogP contribution in [0.15, 0.2) is 48.7 Å². The molecule has 1 radical (unpaired) electrons. The maximum Gasteiger partial charge on any atom is 0.0160 e. The number of aromatic nitrogens is 1. The van der Waals surface area contributed by atoms with Gasteiger partial charge in [0.15, 0.2) is 0 Å². The Labute approximate surface area is 110 Å². The minimum absolute atomic E-state index is 0.970. The molecule has 0 unspecified atom stereocenters. The summed E-state index contributed by atoms with van der Waals surface area (Å²) in [6.45, 7) is 4.50. The van der Waals surface area contributed by atoms with Crippen LogP contribution in [0, 0.1) is 6.07 Å². The zero-order chi connectivity index (χ0) is 12.2. The van der Waals surface area contributed by atoms with E-state index in [2.05, 4.69) is 27.4 Å². The van der Waals surface area contributed by atoms with Gasteiger partial charge in [-0.2, -0.15) is 0 Å². The van der Waals surface area contributed by atoms with Gasteiger partial charge >= 0.3 is 27.5 Å². The summed E-state index contributed by atoms with van der Waals surface area (Å²) in [5.74, 6) is 0. The van der Waals surface area contributed by atoms with Crippen molar-refractivity contribution in [3.63, 3.8) is 0 Å². The van der Waals surface area contributed by atoms with Crippen molar-refractivity contribution in [1.82, 2.24) is 4.98 Å². The number of hydrogen-bond acceptors (Lipinski definition) is 2. The molecule has 0 bridgehead atoms. The fourth-order valence-corrected chi connectivity index (χ4v) is 1.07. The zero-order valence-electron chi connectivity index (χ0n) is 8.19. The largest absolute Gasteiger partial charge is 0.305 e. The van der Waals surface area contributed by atoms with Crippen LogP contribution in [-0.4, -0.2) is 11.8 Å². The third kappa shape index (κ3) is 5.17. The van der Waals surface area contributed by atoms with Crippen molar-refractivity contribution in [3.05, 3.63) is 54.7 Å². The normalized spacial score (nSPS) is 7.88. The molecular formula is C12H8ClIrNO. The molecule has 2 rings (SSSR count). The summed E-state index contributed by atoms with van der Waals surface area (Å²) in [5.41, 5.74) is 2.01. The number of benzene rings is 1. The van der Waals surface area contributed by atoms with Gasteiger partial charge < -0.3 is 16.6 Å². The van der Waals surface area contributed by atoms with Gasteiger partial charge in [0.25, 0.3) is 0 Å². The molecule has 1 heterocycles. The molecule has 0 spiro atoms. The molecule has 0 atom stereocenters. The van der Waals surface area contributed by atoms with Gasteiger partial charge in [-0.3, -0.25) is 0 Å². The van der Waals surface area contributed by atoms with Crippen molar-refractivity contribution in [1.29, 1.82) is 0 Å². The first-order valence-corrected chi connectivity index (χ1v) is 7.15. The molecule has 0 N–H and O–H groups in total. The number of carbonyl (C=O) groups excluding carboxylic acids is 1. The fourth-order valence-electron chi connectivity index (χ4n) is 1.07. The van der Waals surface area contributed by atoms with Crippen LogP contribution in [0.25, 0.3) is 11.3 Å². The summed E-state index contributed by atoms with van der Waals surface area (Å²) < 4.78 is 0. The Bertz CT molecular complexity index is 332. The molecule has 0 fully saturated rings. The summed E-state index contributed by atoms with van der Waals surface area (Å²) in [6.07, 6.45) is 1.79. The van der Waals surface area contributed by atoms with E-state index in [1.807, 2.05) is 42.5 Å². The maximum atomic E-state index is 7.50. The van der Waals surface area contributed by atoms with Crippen molar-refractivity contribution in [2.75, 3.05) is 0 Å². The monoisotopic (exact) mass is 410 g/mol. The molecule has 83 valence electrons. The van der Waals surface area contributed by atoms with E-state index >= 15 is 0 Å². The Morgan fingerprint density at radius 2 is 1.81 bits per heavy atom. The summed E-state index contributed by atoms with van der Waals surface area (Å²) in [7, 11) is 4.64. The van der Waals surface area contributed by atoms with Crippen molar-refractivity contribution < 1.29 is 22.7 Å². The molecule has 0 aliphatic rings. The number of pyridine rings is 1. The van der Waals surface area contributed by atoms with Gasteiger partial charge in [-0.15, -0.1) is 35.9 Å². The third-order valence-electron chi connectivity index (χ3n) is 1.65. The zero-order valence-corrected chi connectivity index (χ0v) is 11.3. The van der Waals surface area contributed by atoms with E-state index in [0.717, 1.165) is 11.3 Å². The van der Waals surface area contributed by atoms with Crippen molar-refractivity contribution in [2.45, 2.75) is 0 Å². The SMILES string of the molecule is [C-]=O.[Cl][Ir+2].[c-]1ccccc1-c1ccccn1. The van der Waals surface area contributed by atoms with E-state index in [0.29, 0.717) is 0 Å². The Balaban J connectivity index is 0.000000509. The van der Waals surface area contributed by atoms with Crippen LogP contribution >= 0.6 is 9.58 Å². The molecule has 1 aromatic heterocycles. The minimum atomic E-state index is 0.970. The van der Waals surface area contributed by atoms with Crippen molar-refractivity contribution in [3.8, 4) is 11.3 Å². The molecule has 0 saturated heterocycles. The van der Waals surface area contributed by atoms with Crippen LogP contribution in [0.2, 0.25) is 0 Å². The van der Waals surface area contributed by atoms with Gasteiger partial charge in [0.1, 0.15) is 0 Å². The summed E-state index contributed by atoms with van der Waals surface area (Å²) in [4.78, 5) is 11.7.